The lowest BCUT2D eigenvalue weighted by Crippen LogP contribution is -2.64. The second-order valence-corrected chi connectivity index (χ2v) is 20.4. The van der Waals surface area contributed by atoms with E-state index in [1.54, 1.807) is 33.1 Å². The van der Waals surface area contributed by atoms with Crippen molar-refractivity contribution >= 4 is 23.4 Å². The van der Waals surface area contributed by atoms with Crippen molar-refractivity contribution < 1.29 is 68.0 Å². The lowest BCUT2D eigenvalue weighted by Gasteiger charge is -2.47. The van der Waals surface area contributed by atoms with E-state index in [4.69, 9.17) is 28.4 Å². The van der Waals surface area contributed by atoms with Crippen molar-refractivity contribution in [2.45, 2.75) is 166 Å². The van der Waals surface area contributed by atoms with E-state index in [0.29, 0.717) is 70.0 Å². The molecule has 3 saturated heterocycles. The van der Waals surface area contributed by atoms with Crippen molar-refractivity contribution in [1.82, 2.24) is 14.7 Å². The number of ether oxygens (including phenoxy) is 6. The van der Waals surface area contributed by atoms with Gasteiger partial charge in [-0.3, -0.25) is 19.3 Å². The molecule has 0 aromatic carbocycles. The molecule has 0 aromatic heterocycles. The number of likely N-dealkylation sites (N-methyl/N-ethyl adjacent to an activating group) is 1. The number of carbonyl (C=O) groups is 4. The van der Waals surface area contributed by atoms with Crippen LogP contribution >= 0.6 is 0 Å². The molecule has 0 spiro atoms. The molecule has 4 fully saturated rings. The first-order valence-corrected chi connectivity index (χ1v) is 25.0. The molecule has 1 saturated carbocycles. The Kier molecular flexibility index (Phi) is 21.4. The van der Waals surface area contributed by atoms with Gasteiger partial charge in [-0.15, -0.1) is 0 Å². The lowest BCUT2D eigenvalue weighted by molar-refractivity contribution is -0.302. The monoisotopic (exact) mass is 962 g/mol. The average Bonchev–Trinajstić information content (AvgIpc) is 3.32. The van der Waals surface area contributed by atoms with Crippen molar-refractivity contribution in [2.75, 3.05) is 67.7 Å². The predicted octanol–water partition coefficient (Wildman–Crippen LogP) is 3.55. The highest BCUT2D eigenvalue weighted by atomic mass is 16.7. The summed E-state index contributed by atoms with van der Waals surface area (Å²) in [6.45, 7) is 12.0. The Labute approximate surface area is 404 Å². The van der Waals surface area contributed by atoms with Crippen molar-refractivity contribution in [3.63, 3.8) is 0 Å². The minimum absolute atomic E-state index is 0.0336. The van der Waals surface area contributed by atoms with Crippen LogP contribution in [0.1, 0.15) is 105 Å². The van der Waals surface area contributed by atoms with Crippen molar-refractivity contribution in [1.29, 1.82) is 0 Å². The molecule has 68 heavy (non-hydrogen) atoms. The fourth-order valence-electron chi connectivity index (χ4n) is 11.0. The normalized spacial score (nSPS) is 38.9. The molecule has 2 bridgehead atoms. The molecule has 1 amide bonds. The Bertz CT molecular complexity index is 1770. The fourth-order valence-corrected chi connectivity index (χ4v) is 11.0. The standard InChI is InChI=1S/C51H83N3O14/c1-31-24-32(2)26-43(64-8)46-44(65-9)28-34(4)51(62,68-46)47(58)48(59)54-18-12-10-15-38(54)49(60)67-45(35(5)39(56)30-40(57)37(25-31)14-11-13-23-55)33(3)27-36-16-17-41(42(29-36)63-7)66-50(61)53-21-19-52(6)20-22-53/h11,13,25,27,32,34-39,41-46,50,55-56,61-62H,10,12,14-24,26,28-30H2,1-9H3/b13-11+,31-25+,33-27+/t32-,34+,35+,36-,37+,38-,39-,41+,42+,43-,44-,45+,46+,50?,51+/m0/s1. The predicted molar refractivity (Wildman–Crippen MR) is 253 cm³/mol. The van der Waals surface area contributed by atoms with Gasteiger partial charge < -0.3 is 58.6 Å². The van der Waals surface area contributed by atoms with Crippen LogP contribution in [-0.4, -0.2) is 187 Å². The van der Waals surface area contributed by atoms with Gasteiger partial charge in [-0.05, 0) is 103 Å². The minimum atomic E-state index is -2.54. The number of cyclic esters (lactones) is 1. The first-order valence-electron chi connectivity index (χ1n) is 25.0. The quantitative estimate of drug-likeness (QED) is 0.101. The van der Waals surface area contributed by atoms with Crippen LogP contribution in [0.3, 0.4) is 0 Å². The second kappa shape index (κ2) is 26.0. The van der Waals surface area contributed by atoms with Gasteiger partial charge in [0.05, 0.1) is 37.1 Å². The molecule has 4 N–H and O–H groups in total. The maximum Gasteiger partial charge on any atom is 0.329 e. The van der Waals surface area contributed by atoms with Gasteiger partial charge in [0.1, 0.15) is 24.0 Å². The first kappa shape index (κ1) is 56.0. The van der Waals surface area contributed by atoms with Gasteiger partial charge in [-0.25, -0.2) is 4.79 Å². The number of aliphatic hydroxyl groups excluding tert-OH is 3. The number of methoxy groups -OCH3 is 3. The Hall–Kier alpha value is -2.94. The van der Waals surface area contributed by atoms with Crippen molar-refractivity contribution in [2.24, 2.45) is 29.6 Å². The lowest BCUT2D eigenvalue weighted by atomic mass is 9.81. The van der Waals surface area contributed by atoms with E-state index in [1.807, 2.05) is 44.9 Å². The number of hydrogen-bond donors (Lipinski definition) is 4. The molecule has 0 radical (unpaired) electrons. The molecule has 15 atom stereocenters. The van der Waals surface area contributed by atoms with E-state index in [-0.39, 0.29) is 62.2 Å². The van der Waals surface area contributed by atoms with Crippen molar-refractivity contribution in [3.8, 4) is 0 Å². The first-order chi connectivity index (χ1) is 32.3. The smallest absolute Gasteiger partial charge is 0.329 e. The van der Waals surface area contributed by atoms with E-state index in [2.05, 4.69) is 4.90 Å². The van der Waals surface area contributed by atoms with Crippen LogP contribution in [0.4, 0.5) is 0 Å². The molecule has 386 valence electrons. The number of piperazine rings is 1. The topological polar surface area (TPSA) is 214 Å². The van der Waals surface area contributed by atoms with Crippen LogP contribution < -0.4 is 0 Å². The number of esters is 1. The molecule has 5 aliphatic rings. The summed E-state index contributed by atoms with van der Waals surface area (Å²) in [5.41, 5.74) is 1.55. The number of fused-ring (bicyclic) bond motifs is 3. The van der Waals surface area contributed by atoms with Gasteiger partial charge in [0.2, 0.25) is 12.2 Å². The number of Topliss-reactive ketones (excluding diaryl/α,β-unsaturated/α-hetero) is 2. The second-order valence-electron chi connectivity index (χ2n) is 20.4. The number of hydrogen-bond acceptors (Lipinski definition) is 16. The fraction of sp³-hybridized carbons (Fsp3) is 0.804. The SMILES string of the molecule is CO[C@H]1C[C@@H](C)C/C(C)=C/[C@@H](C/C=C/CO)C(=O)C[C@H](O)[C@@H](C)[C@@H](/C(C)=C/[C@@H]2CC[C@@H](OC(O)N3CCN(C)CC3)[C@H](OC)C2)OC(=O)[C@@H]2CCCCN2C(=O)C(=O)[C@]2(O)O[C@H]1[C@@H](OC)C[C@H]2C. The molecule has 1 unspecified atom stereocenters. The Balaban J connectivity index is 1.48. The molecule has 17 nitrogen and oxygen atoms in total. The van der Waals surface area contributed by atoms with Gasteiger partial charge in [0.15, 0.2) is 0 Å². The van der Waals surface area contributed by atoms with Crippen LogP contribution in [-0.2, 0) is 47.6 Å². The number of allylic oxidation sites excluding steroid dienone is 4. The van der Waals surface area contributed by atoms with Gasteiger partial charge in [-0.2, -0.15) is 0 Å². The number of ketones is 2. The zero-order chi connectivity index (χ0) is 49.9. The van der Waals surface area contributed by atoms with Gasteiger partial charge >= 0.3 is 5.97 Å². The summed E-state index contributed by atoms with van der Waals surface area (Å²) in [5.74, 6) is -8.15. The maximum absolute atomic E-state index is 14.6. The number of nitrogens with zero attached hydrogens (tertiary/aromatic N) is 3. The van der Waals surface area contributed by atoms with Crippen LogP contribution in [0.15, 0.2) is 35.5 Å². The average molecular weight is 962 g/mol. The van der Waals surface area contributed by atoms with Gasteiger partial charge in [-0.1, -0.05) is 50.6 Å². The number of piperidine rings is 1. The number of rotatable bonds is 11. The summed E-state index contributed by atoms with van der Waals surface area (Å²) in [6.07, 6.45) is 5.33. The van der Waals surface area contributed by atoms with E-state index in [0.717, 1.165) is 18.7 Å². The number of carbonyl (C=O) groups excluding carboxylic acids is 4. The van der Waals surface area contributed by atoms with E-state index < -0.39 is 84.2 Å². The van der Waals surface area contributed by atoms with Gasteiger partial charge in [0.25, 0.3) is 11.7 Å². The summed E-state index contributed by atoms with van der Waals surface area (Å²) in [6, 6.07) is -1.18. The highest BCUT2D eigenvalue weighted by Gasteiger charge is 2.56. The molecular formula is C51H83N3O14. The summed E-state index contributed by atoms with van der Waals surface area (Å²) in [5, 5.41) is 44.6. The molecule has 17 heteroatoms. The molecule has 1 aliphatic carbocycles. The summed E-state index contributed by atoms with van der Waals surface area (Å²) >= 11 is 0. The van der Waals surface area contributed by atoms with E-state index in [9.17, 15) is 39.6 Å². The Morgan fingerprint density at radius 2 is 1.56 bits per heavy atom. The molecule has 4 aliphatic heterocycles. The number of amides is 1. The zero-order valence-corrected chi connectivity index (χ0v) is 42.1. The third-order valence-corrected chi connectivity index (χ3v) is 15.2. The van der Waals surface area contributed by atoms with Crippen LogP contribution in [0.2, 0.25) is 0 Å². The Morgan fingerprint density at radius 1 is 0.882 bits per heavy atom. The number of aliphatic hydroxyl groups is 4. The summed E-state index contributed by atoms with van der Waals surface area (Å²) < 4.78 is 36.6. The van der Waals surface area contributed by atoms with Gasteiger partial charge in [0, 0.05) is 78.2 Å². The van der Waals surface area contributed by atoms with Crippen molar-refractivity contribution in [3.05, 3.63) is 35.5 Å². The summed E-state index contributed by atoms with van der Waals surface area (Å²) in [4.78, 5) is 62.9. The molecule has 5 rings (SSSR count). The largest absolute Gasteiger partial charge is 0.456 e. The third-order valence-electron chi connectivity index (χ3n) is 15.2. The van der Waals surface area contributed by atoms with E-state index in [1.165, 1.54) is 19.1 Å². The molecule has 4 heterocycles. The molecule has 0 aromatic rings. The van der Waals surface area contributed by atoms with Crippen LogP contribution in [0, 0.1) is 29.6 Å². The minimum Gasteiger partial charge on any atom is -0.456 e. The molecular weight excluding hydrogens is 879 g/mol. The maximum atomic E-state index is 14.6. The highest BCUT2D eigenvalue weighted by molar-refractivity contribution is 6.39. The Morgan fingerprint density at radius 3 is 2.22 bits per heavy atom. The van der Waals surface area contributed by atoms with E-state index >= 15 is 0 Å². The summed E-state index contributed by atoms with van der Waals surface area (Å²) in [7, 11) is 6.70. The zero-order valence-electron chi connectivity index (χ0n) is 42.1. The van der Waals surface area contributed by atoms with Crippen LogP contribution in [0.25, 0.3) is 0 Å². The highest BCUT2D eigenvalue weighted by Crippen LogP contribution is 2.39. The van der Waals surface area contributed by atoms with Crippen LogP contribution in [0.5, 0.6) is 0 Å². The third kappa shape index (κ3) is 14.1.